The van der Waals surface area contributed by atoms with Crippen molar-refractivity contribution in [3.8, 4) is 17.0 Å². The summed E-state index contributed by atoms with van der Waals surface area (Å²) in [4.78, 5) is 25.0. The average molecular weight is 452 g/mol. The fourth-order valence-electron chi connectivity index (χ4n) is 3.63. The van der Waals surface area contributed by atoms with Gasteiger partial charge in [-0.2, -0.15) is 13.2 Å². The van der Waals surface area contributed by atoms with E-state index in [0.717, 1.165) is 15.0 Å². The number of fused-ring (bicyclic) bond motifs is 1. The van der Waals surface area contributed by atoms with Crippen molar-refractivity contribution in [1.82, 2.24) is 14.0 Å². The third-order valence-electron chi connectivity index (χ3n) is 5.23. The molecule has 0 radical (unpaired) electrons. The predicted octanol–water partition coefficient (Wildman–Crippen LogP) is 3.78. The number of hydrogen-bond donors (Lipinski definition) is 1. The van der Waals surface area contributed by atoms with Crippen LogP contribution in [-0.4, -0.2) is 37.8 Å². The maximum atomic E-state index is 12.7. The molecule has 0 atom stereocenters. The van der Waals surface area contributed by atoms with Crippen LogP contribution < -0.4 is 5.69 Å². The highest BCUT2D eigenvalue weighted by Gasteiger charge is 2.37. The summed E-state index contributed by atoms with van der Waals surface area (Å²) in [5.74, 6) is -0.797. The van der Waals surface area contributed by atoms with Gasteiger partial charge in [-0.15, -0.1) is 0 Å². The standard InChI is InChI=1S/C21H17ClF3N3O3/c1-26-18(29)10-27(20(26)31)8-14-3-2-13(7-17(14)22)12-4-5-16-15(6-12)9-28(19(16)30)11-21(23,24)25/h2-7,10,29H,8-9,11H2,1H3. The Labute approximate surface area is 179 Å². The van der Waals surface area contributed by atoms with Gasteiger partial charge in [0.05, 0.1) is 12.7 Å². The van der Waals surface area contributed by atoms with Gasteiger partial charge in [0, 0.05) is 24.2 Å². The Bertz CT molecular complexity index is 1250. The minimum Gasteiger partial charge on any atom is -0.493 e. The molecule has 1 aliphatic heterocycles. The molecule has 0 spiro atoms. The van der Waals surface area contributed by atoms with Crippen LogP contribution in [0.1, 0.15) is 21.5 Å². The van der Waals surface area contributed by atoms with Gasteiger partial charge in [-0.1, -0.05) is 29.8 Å². The Hall–Kier alpha value is -3.20. The number of halogens is 4. The van der Waals surface area contributed by atoms with Crippen molar-refractivity contribution in [3.05, 3.63) is 74.8 Å². The number of aromatic nitrogens is 2. The van der Waals surface area contributed by atoms with Crippen LogP contribution in [0.4, 0.5) is 13.2 Å². The number of benzene rings is 2. The van der Waals surface area contributed by atoms with Crippen molar-refractivity contribution in [2.75, 3.05) is 6.54 Å². The monoisotopic (exact) mass is 451 g/mol. The van der Waals surface area contributed by atoms with Gasteiger partial charge in [0.2, 0.25) is 5.88 Å². The van der Waals surface area contributed by atoms with E-state index >= 15 is 0 Å². The lowest BCUT2D eigenvalue weighted by Gasteiger charge is -2.17. The molecule has 0 bridgehead atoms. The van der Waals surface area contributed by atoms with Crippen LogP contribution in [0.25, 0.3) is 11.1 Å². The van der Waals surface area contributed by atoms with Gasteiger partial charge in [0.25, 0.3) is 5.91 Å². The molecule has 6 nitrogen and oxygen atoms in total. The van der Waals surface area contributed by atoms with Crippen LogP contribution in [0.3, 0.4) is 0 Å². The highest BCUT2D eigenvalue weighted by atomic mass is 35.5. The third kappa shape index (κ3) is 4.05. The normalized spacial score (nSPS) is 13.7. The van der Waals surface area contributed by atoms with E-state index < -0.39 is 18.6 Å². The van der Waals surface area contributed by atoms with E-state index in [0.29, 0.717) is 21.7 Å². The maximum Gasteiger partial charge on any atom is 0.406 e. The van der Waals surface area contributed by atoms with Gasteiger partial charge in [0.15, 0.2) is 0 Å². The molecule has 162 valence electrons. The SMILES string of the molecule is Cn1c(O)cn(Cc2ccc(-c3ccc4c(c3)CN(CC(F)(F)F)C4=O)cc2Cl)c1=O. The summed E-state index contributed by atoms with van der Waals surface area (Å²) in [5.41, 5.74) is 2.50. The van der Waals surface area contributed by atoms with Crippen molar-refractivity contribution < 1.29 is 23.1 Å². The summed E-state index contributed by atoms with van der Waals surface area (Å²) in [6.45, 7) is -1.23. The molecule has 10 heteroatoms. The quantitative estimate of drug-likeness (QED) is 0.656. The summed E-state index contributed by atoms with van der Waals surface area (Å²) >= 11 is 6.39. The van der Waals surface area contributed by atoms with Crippen molar-refractivity contribution in [1.29, 1.82) is 0 Å². The van der Waals surface area contributed by atoms with Crippen LogP contribution in [0, 0.1) is 0 Å². The van der Waals surface area contributed by atoms with E-state index in [2.05, 4.69) is 0 Å². The van der Waals surface area contributed by atoms with Crippen LogP contribution in [0.15, 0.2) is 47.4 Å². The molecule has 0 fully saturated rings. The molecule has 2 heterocycles. The number of carbonyl (C=O) groups is 1. The molecule has 3 aromatic rings. The second-order valence-electron chi connectivity index (χ2n) is 7.41. The van der Waals surface area contributed by atoms with Gasteiger partial charge in [-0.25, -0.2) is 4.79 Å². The molecule has 1 N–H and O–H groups in total. The van der Waals surface area contributed by atoms with E-state index in [1.165, 1.54) is 23.9 Å². The number of nitrogens with zero attached hydrogens (tertiary/aromatic N) is 3. The average Bonchev–Trinajstić information content (AvgIpc) is 3.12. The van der Waals surface area contributed by atoms with Crippen molar-refractivity contribution in [2.24, 2.45) is 7.05 Å². The van der Waals surface area contributed by atoms with Crippen LogP contribution in [0.2, 0.25) is 5.02 Å². The first-order valence-electron chi connectivity index (χ1n) is 9.26. The van der Waals surface area contributed by atoms with Gasteiger partial charge in [-0.3, -0.25) is 13.9 Å². The number of rotatable bonds is 4. The lowest BCUT2D eigenvalue weighted by Crippen LogP contribution is -2.34. The minimum absolute atomic E-state index is 0.103. The van der Waals surface area contributed by atoms with E-state index in [9.17, 15) is 27.9 Å². The highest BCUT2D eigenvalue weighted by Crippen LogP contribution is 2.32. The number of imidazole rings is 1. The lowest BCUT2D eigenvalue weighted by atomic mass is 9.99. The van der Waals surface area contributed by atoms with Crippen molar-refractivity contribution >= 4 is 17.5 Å². The number of aromatic hydroxyl groups is 1. The first-order chi connectivity index (χ1) is 14.5. The summed E-state index contributed by atoms with van der Waals surface area (Å²) in [7, 11) is 1.45. The highest BCUT2D eigenvalue weighted by molar-refractivity contribution is 6.31. The Balaban J connectivity index is 1.58. The fraction of sp³-hybridized carbons (Fsp3) is 0.238. The van der Waals surface area contributed by atoms with E-state index in [4.69, 9.17) is 11.6 Å². The van der Waals surface area contributed by atoms with Gasteiger partial charge < -0.3 is 10.0 Å². The van der Waals surface area contributed by atoms with E-state index in [1.807, 2.05) is 0 Å². The summed E-state index contributed by atoms with van der Waals surface area (Å²) in [6, 6.07) is 10.1. The molecule has 0 aliphatic carbocycles. The Morgan fingerprint density at radius 3 is 2.39 bits per heavy atom. The topological polar surface area (TPSA) is 67.5 Å². The summed E-state index contributed by atoms with van der Waals surface area (Å²) < 4.78 is 40.5. The van der Waals surface area contributed by atoms with Gasteiger partial charge in [-0.05, 0) is 40.5 Å². The Morgan fingerprint density at radius 2 is 1.77 bits per heavy atom. The zero-order valence-corrected chi connectivity index (χ0v) is 17.0. The van der Waals surface area contributed by atoms with Crippen molar-refractivity contribution in [2.45, 2.75) is 19.3 Å². The maximum absolute atomic E-state index is 12.7. The second kappa shape index (κ2) is 7.49. The van der Waals surface area contributed by atoms with E-state index in [1.54, 1.807) is 30.3 Å². The molecular formula is C21H17ClF3N3O3. The molecule has 0 saturated heterocycles. The molecule has 1 aliphatic rings. The summed E-state index contributed by atoms with van der Waals surface area (Å²) in [5, 5.41) is 10.0. The molecular weight excluding hydrogens is 435 g/mol. The molecule has 1 amide bonds. The largest absolute Gasteiger partial charge is 0.493 e. The third-order valence-corrected chi connectivity index (χ3v) is 5.58. The first-order valence-corrected chi connectivity index (χ1v) is 9.64. The van der Waals surface area contributed by atoms with Crippen LogP contribution in [-0.2, 0) is 20.1 Å². The number of carbonyl (C=O) groups excluding carboxylic acids is 1. The molecule has 4 rings (SSSR count). The lowest BCUT2D eigenvalue weighted by molar-refractivity contribution is -0.140. The molecule has 0 saturated carbocycles. The van der Waals surface area contributed by atoms with Crippen LogP contribution >= 0.6 is 11.6 Å². The van der Waals surface area contributed by atoms with Crippen molar-refractivity contribution in [3.63, 3.8) is 0 Å². The van der Waals surface area contributed by atoms with Gasteiger partial charge >= 0.3 is 11.9 Å². The Kier molecular flexibility index (Phi) is 5.09. The Morgan fingerprint density at radius 1 is 1.10 bits per heavy atom. The first kappa shape index (κ1) is 21.0. The molecule has 2 aromatic carbocycles. The summed E-state index contributed by atoms with van der Waals surface area (Å²) in [6.07, 6.45) is -3.14. The predicted molar refractivity (Wildman–Crippen MR) is 108 cm³/mol. The molecule has 1 aromatic heterocycles. The number of hydrogen-bond acceptors (Lipinski definition) is 3. The smallest absolute Gasteiger partial charge is 0.406 e. The van der Waals surface area contributed by atoms with Crippen LogP contribution in [0.5, 0.6) is 5.88 Å². The number of alkyl halides is 3. The fourth-order valence-corrected chi connectivity index (χ4v) is 3.87. The van der Waals surface area contributed by atoms with E-state index in [-0.39, 0.29) is 30.2 Å². The minimum atomic E-state index is -4.46. The zero-order valence-electron chi connectivity index (χ0n) is 16.3. The number of amides is 1. The molecule has 31 heavy (non-hydrogen) atoms. The second-order valence-corrected chi connectivity index (χ2v) is 7.82. The zero-order chi connectivity index (χ0) is 22.5. The van der Waals surface area contributed by atoms with Gasteiger partial charge in [0.1, 0.15) is 6.54 Å². The molecule has 0 unspecified atom stereocenters.